The van der Waals surface area contributed by atoms with Crippen molar-refractivity contribution < 1.29 is 19.1 Å². The van der Waals surface area contributed by atoms with Crippen LogP contribution in [0.2, 0.25) is 0 Å². The maximum absolute atomic E-state index is 11.5. The van der Waals surface area contributed by atoms with Gasteiger partial charge >= 0.3 is 12.1 Å². The summed E-state index contributed by atoms with van der Waals surface area (Å²) >= 11 is 0. The van der Waals surface area contributed by atoms with E-state index in [2.05, 4.69) is 21.9 Å². The van der Waals surface area contributed by atoms with Crippen LogP contribution >= 0.6 is 0 Å². The number of nitrogens with one attached hydrogen (secondary N) is 1. The van der Waals surface area contributed by atoms with Gasteiger partial charge in [0.2, 0.25) is 0 Å². The van der Waals surface area contributed by atoms with Gasteiger partial charge in [-0.3, -0.25) is 0 Å². The molecule has 0 saturated heterocycles. The second-order valence-corrected chi connectivity index (χ2v) is 4.40. The van der Waals surface area contributed by atoms with Crippen molar-refractivity contribution in [1.82, 2.24) is 5.32 Å². The molecule has 0 aliphatic heterocycles. The molecule has 0 aromatic rings. The number of rotatable bonds is 3. The summed E-state index contributed by atoms with van der Waals surface area (Å²) in [6.07, 6.45) is 2.04. The summed E-state index contributed by atoms with van der Waals surface area (Å²) in [6.45, 7) is 6.92. The molecule has 0 saturated carbocycles. The average Bonchev–Trinajstić information content (AvgIpc) is 2.23. The highest BCUT2D eigenvalue weighted by atomic mass is 16.6. The minimum atomic E-state index is -0.594. The van der Waals surface area contributed by atoms with E-state index in [1.807, 2.05) is 0 Å². The number of hydrogen-bond donors (Lipinski definition) is 1. The summed E-state index contributed by atoms with van der Waals surface area (Å²) in [7, 11) is 1.27. The molecule has 5 nitrogen and oxygen atoms in total. The van der Waals surface area contributed by atoms with Gasteiger partial charge in [-0.1, -0.05) is 5.92 Å². The van der Waals surface area contributed by atoms with E-state index in [9.17, 15) is 9.59 Å². The second-order valence-electron chi connectivity index (χ2n) is 4.40. The van der Waals surface area contributed by atoms with Crippen molar-refractivity contribution in [2.45, 2.75) is 39.3 Å². The maximum Gasteiger partial charge on any atom is 0.408 e. The zero-order valence-electron chi connectivity index (χ0n) is 11.4. The third-order valence-electron chi connectivity index (χ3n) is 1.60. The van der Waals surface area contributed by atoms with Gasteiger partial charge in [-0.15, -0.1) is 5.92 Å². The Hall–Kier alpha value is -1.96. The predicted molar refractivity (Wildman–Crippen MR) is 67.8 cm³/mol. The van der Waals surface area contributed by atoms with E-state index in [0.29, 0.717) is 0 Å². The monoisotopic (exact) mass is 253 g/mol. The normalized spacial score (nSPS) is 12.3. The van der Waals surface area contributed by atoms with Gasteiger partial charge in [0, 0.05) is 6.08 Å². The van der Waals surface area contributed by atoms with E-state index < -0.39 is 23.7 Å². The molecule has 18 heavy (non-hydrogen) atoms. The van der Waals surface area contributed by atoms with Crippen molar-refractivity contribution in [1.29, 1.82) is 0 Å². The molecule has 5 heteroatoms. The zero-order chi connectivity index (χ0) is 14.2. The Kier molecular flexibility index (Phi) is 6.58. The van der Waals surface area contributed by atoms with Crippen LogP contribution < -0.4 is 5.32 Å². The van der Waals surface area contributed by atoms with E-state index in [4.69, 9.17) is 4.74 Å². The van der Waals surface area contributed by atoms with E-state index in [-0.39, 0.29) is 0 Å². The molecule has 0 aliphatic carbocycles. The quantitative estimate of drug-likeness (QED) is 0.471. The van der Waals surface area contributed by atoms with Gasteiger partial charge in [0.05, 0.1) is 7.11 Å². The molecule has 0 unspecified atom stereocenters. The van der Waals surface area contributed by atoms with Crippen LogP contribution in [0.3, 0.4) is 0 Å². The Morgan fingerprint density at radius 1 is 1.33 bits per heavy atom. The lowest BCUT2D eigenvalue weighted by molar-refractivity contribution is -0.134. The van der Waals surface area contributed by atoms with E-state index in [1.165, 1.54) is 19.3 Å². The van der Waals surface area contributed by atoms with Gasteiger partial charge in [-0.25, -0.2) is 9.59 Å². The number of methoxy groups -OCH3 is 1. The zero-order valence-corrected chi connectivity index (χ0v) is 11.4. The first-order chi connectivity index (χ1) is 8.28. The molecule has 0 fully saturated rings. The molecular formula is C13H19NO4. The summed E-state index contributed by atoms with van der Waals surface area (Å²) in [5.74, 6) is 4.87. The summed E-state index contributed by atoms with van der Waals surface area (Å²) in [4.78, 5) is 22.4. The topological polar surface area (TPSA) is 64.6 Å². The predicted octanol–water partition coefficient (Wildman–Crippen LogP) is 1.63. The molecule has 0 aromatic heterocycles. The van der Waals surface area contributed by atoms with Crippen LogP contribution in [0.25, 0.3) is 0 Å². The third kappa shape index (κ3) is 8.22. The number of alkyl carbamates (subject to hydrolysis) is 1. The molecule has 0 bridgehead atoms. The van der Waals surface area contributed by atoms with Crippen LogP contribution in [0.15, 0.2) is 12.2 Å². The number of hydrogen-bond acceptors (Lipinski definition) is 4. The van der Waals surface area contributed by atoms with Crippen molar-refractivity contribution in [3.05, 3.63) is 12.2 Å². The van der Waals surface area contributed by atoms with E-state index in [0.717, 1.165) is 0 Å². The fraction of sp³-hybridized carbons (Fsp3) is 0.538. The van der Waals surface area contributed by atoms with Crippen molar-refractivity contribution in [3.8, 4) is 11.8 Å². The van der Waals surface area contributed by atoms with Crippen molar-refractivity contribution in [3.63, 3.8) is 0 Å². The Balaban J connectivity index is 4.53. The Morgan fingerprint density at radius 2 is 1.94 bits per heavy atom. The van der Waals surface area contributed by atoms with Gasteiger partial charge in [0.25, 0.3) is 0 Å². The second kappa shape index (κ2) is 7.38. The Labute approximate surface area is 108 Å². The lowest BCUT2D eigenvalue weighted by Gasteiger charge is -2.20. The van der Waals surface area contributed by atoms with Crippen molar-refractivity contribution in [2.75, 3.05) is 7.11 Å². The standard InChI is InChI=1S/C13H19NO4/c1-6-7-10(8-9-11(15)17-5)14-12(16)18-13(2,3)4/h8-10H,1-5H3,(H,14,16)/b9-8+/t10-/m0/s1. The molecule has 0 rings (SSSR count). The summed E-state index contributed by atoms with van der Waals surface area (Å²) in [5, 5.41) is 2.52. The van der Waals surface area contributed by atoms with Crippen LogP contribution in [0.5, 0.6) is 0 Å². The number of carbonyl (C=O) groups is 2. The number of ether oxygens (including phenoxy) is 2. The molecule has 0 aliphatic rings. The van der Waals surface area contributed by atoms with Gasteiger partial charge in [0.1, 0.15) is 11.6 Å². The van der Waals surface area contributed by atoms with E-state index >= 15 is 0 Å². The summed E-state index contributed by atoms with van der Waals surface area (Å²) < 4.78 is 9.53. The molecule has 0 aromatic carbocycles. The maximum atomic E-state index is 11.5. The van der Waals surface area contributed by atoms with Crippen LogP contribution in [0.4, 0.5) is 4.79 Å². The van der Waals surface area contributed by atoms with Gasteiger partial charge in [-0.05, 0) is 33.8 Å². The van der Waals surface area contributed by atoms with E-state index in [1.54, 1.807) is 27.7 Å². The molecule has 1 N–H and O–H groups in total. The molecular weight excluding hydrogens is 234 g/mol. The number of amides is 1. The molecule has 0 spiro atoms. The molecule has 100 valence electrons. The highest BCUT2D eigenvalue weighted by Gasteiger charge is 2.17. The average molecular weight is 253 g/mol. The fourth-order valence-corrected chi connectivity index (χ4v) is 0.965. The summed E-state index contributed by atoms with van der Waals surface area (Å²) in [6, 6.07) is -0.594. The number of carbonyl (C=O) groups excluding carboxylic acids is 2. The highest BCUT2D eigenvalue weighted by molar-refractivity contribution is 5.82. The molecule has 1 atom stereocenters. The lowest BCUT2D eigenvalue weighted by Crippen LogP contribution is -2.37. The van der Waals surface area contributed by atoms with Gasteiger partial charge < -0.3 is 14.8 Å². The molecule has 1 amide bonds. The van der Waals surface area contributed by atoms with Gasteiger partial charge in [0.15, 0.2) is 0 Å². The van der Waals surface area contributed by atoms with Crippen molar-refractivity contribution in [2.24, 2.45) is 0 Å². The Bertz CT molecular complexity index is 382. The smallest absolute Gasteiger partial charge is 0.408 e. The fourth-order valence-electron chi connectivity index (χ4n) is 0.965. The lowest BCUT2D eigenvalue weighted by atomic mass is 10.2. The van der Waals surface area contributed by atoms with Gasteiger partial charge in [-0.2, -0.15) is 0 Å². The molecule has 0 radical (unpaired) electrons. The highest BCUT2D eigenvalue weighted by Crippen LogP contribution is 2.06. The first kappa shape index (κ1) is 16.0. The molecule has 0 heterocycles. The van der Waals surface area contributed by atoms with Crippen LogP contribution in [0.1, 0.15) is 27.7 Å². The van der Waals surface area contributed by atoms with Crippen LogP contribution in [0, 0.1) is 11.8 Å². The SMILES string of the molecule is CC#C[C@@H](/C=C/C(=O)OC)NC(=O)OC(C)(C)C. The van der Waals surface area contributed by atoms with Crippen LogP contribution in [-0.4, -0.2) is 30.8 Å². The third-order valence-corrected chi connectivity index (χ3v) is 1.60. The van der Waals surface area contributed by atoms with Crippen molar-refractivity contribution >= 4 is 12.1 Å². The largest absolute Gasteiger partial charge is 0.466 e. The minimum absolute atomic E-state index is 0.510. The summed E-state index contributed by atoms with van der Waals surface area (Å²) in [5.41, 5.74) is -0.583. The first-order valence-corrected chi connectivity index (χ1v) is 5.46. The number of esters is 1. The first-order valence-electron chi connectivity index (χ1n) is 5.46. The minimum Gasteiger partial charge on any atom is -0.466 e. The Morgan fingerprint density at radius 3 is 2.39 bits per heavy atom. The van der Waals surface area contributed by atoms with Crippen LogP contribution in [-0.2, 0) is 14.3 Å².